The normalized spacial score (nSPS) is 23.2. The predicted molar refractivity (Wildman–Crippen MR) is 76.3 cm³/mol. The van der Waals surface area contributed by atoms with Crippen LogP contribution in [0.2, 0.25) is 0 Å². The first-order valence-corrected chi connectivity index (χ1v) is 7.13. The van der Waals surface area contributed by atoms with Crippen molar-refractivity contribution in [2.75, 3.05) is 11.4 Å². The van der Waals surface area contributed by atoms with E-state index in [-0.39, 0.29) is 6.03 Å². The van der Waals surface area contributed by atoms with E-state index < -0.39 is 0 Å². The van der Waals surface area contributed by atoms with Crippen LogP contribution in [-0.4, -0.2) is 24.7 Å². The van der Waals surface area contributed by atoms with Crippen LogP contribution in [0, 0.1) is 0 Å². The molecule has 2 aliphatic rings. The van der Waals surface area contributed by atoms with Crippen molar-refractivity contribution in [3.63, 3.8) is 0 Å². The van der Waals surface area contributed by atoms with Crippen molar-refractivity contribution in [3.8, 4) is 0 Å². The number of carbonyl (C=O) groups is 1. The maximum absolute atomic E-state index is 12.4. The van der Waals surface area contributed by atoms with Crippen LogP contribution in [0.5, 0.6) is 0 Å². The highest BCUT2D eigenvalue weighted by molar-refractivity contribution is 5.93. The van der Waals surface area contributed by atoms with E-state index >= 15 is 0 Å². The van der Waals surface area contributed by atoms with Gasteiger partial charge in [0.2, 0.25) is 0 Å². The fraction of sp³-hybridized carbons (Fsp3) is 0.533. The van der Waals surface area contributed by atoms with Crippen LogP contribution in [0.1, 0.15) is 31.7 Å². The van der Waals surface area contributed by atoms with Crippen LogP contribution < -0.4 is 15.5 Å². The highest BCUT2D eigenvalue weighted by atomic mass is 16.2. The van der Waals surface area contributed by atoms with Gasteiger partial charge in [-0.2, -0.15) is 0 Å². The van der Waals surface area contributed by atoms with Crippen LogP contribution in [0.4, 0.5) is 10.5 Å². The average Bonchev–Trinajstić information content (AvgIpc) is 2.54. The zero-order chi connectivity index (χ0) is 13.2. The summed E-state index contributed by atoms with van der Waals surface area (Å²) in [6.07, 6.45) is 3.48. The van der Waals surface area contributed by atoms with Gasteiger partial charge in [0, 0.05) is 30.9 Å². The average molecular weight is 259 g/mol. The number of anilines is 1. The van der Waals surface area contributed by atoms with E-state index in [0.717, 1.165) is 31.6 Å². The number of hydrogen-bond acceptors (Lipinski definition) is 2. The molecule has 102 valence electrons. The van der Waals surface area contributed by atoms with Gasteiger partial charge in [-0.1, -0.05) is 18.2 Å². The summed E-state index contributed by atoms with van der Waals surface area (Å²) in [4.78, 5) is 14.3. The molecule has 1 atom stereocenters. The van der Waals surface area contributed by atoms with E-state index in [4.69, 9.17) is 0 Å². The van der Waals surface area contributed by atoms with Crippen LogP contribution in [0.3, 0.4) is 0 Å². The molecule has 19 heavy (non-hydrogen) atoms. The molecule has 0 radical (unpaired) electrons. The first-order valence-electron chi connectivity index (χ1n) is 7.13. The number of urea groups is 1. The molecule has 1 aromatic rings. The Kier molecular flexibility index (Phi) is 3.42. The molecule has 2 N–H and O–H groups in total. The van der Waals surface area contributed by atoms with Crippen LogP contribution in [-0.2, 0) is 6.54 Å². The van der Waals surface area contributed by atoms with Gasteiger partial charge < -0.3 is 10.6 Å². The fourth-order valence-corrected chi connectivity index (χ4v) is 2.64. The molecule has 3 rings (SSSR count). The molecule has 4 nitrogen and oxygen atoms in total. The zero-order valence-electron chi connectivity index (χ0n) is 11.4. The summed E-state index contributed by atoms with van der Waals surface area (Å²) < 4.78 is 0. The second-order valence-electron chi connectivity index (χ2n) is 5.60. The summed E-state index contributed by atoms with van der Waals surface area (Å²) in [5, 5.41) is 6.58. The minimum absolute atomic E-state index is 0.0488. The maximum Gasteiger partial charge on any atom is 0.322 e. The van der Waals surface area contributed by atoms with Crippen LogP contribution >= 0.6 is 0 Å². The summed E-state index contributed by atoms with van der Waals surface area (Å²) in [7, 11) is 0. The lowest BCUT2D eigenvalue weighted by Gasteiger charge is -2.31. The summed E-state index contributed by atoms with van der Waals surface area (Å²) in [5.74, 6) is 0. The number of amides is 2. The number of benzene rings is 1. The highest BCUT2D eigenvalue weighted by Crippen LogP contribution is 2.24. The number of nitrogens with one attached hydrogen (secondary N) is 2. The van der Waals surface area contributed by atoms with Gasteiger partial charge in [0.15, 0.2) is 0 Å². The number of carbonyl (C=O) groups excluding carboxylic acids is 1. The molecule has 0 spiro atoms. The maximum atomic E-state index is 12.4. The largest absolute Gasteiger partial charge is 0.335 e. The molecule has 1 saturated carbocycles. The lowest BCUT2D eigenvalue weighted by molar-refractivity contribution is 0.233. The summed E-state index contributed by atoms with van der Waals surface area (Å²) in [6, 6.07) is 8.88. The van der Waals surface area contributed by atoms with Crippen molar-refractivity contribution in [2.45, 2.75) is 44.8 Å². The Morgan fingerprint density at radius 1 is 1.37 bits per heavy atom. The van der Waals surface area contributed by atoms with Crippen molar-refractivity contribution in [3.05, 3.63) is 29.8 Å². The smallest absolute Gasteiger partial charge is 0.322 e. The molecule has 1 aliphatic carbocycles. The first kappa shape index (κ1) is 12.5. The van der Waals surface area contributed by atoms with Gasteiger partial charge in [-0.05, 0) is 37.8 Å². The van der Waals surface area contributed by atoms with E-state index in [9.17, 15) is 4.79 Å². The zero-order valence-corrected chi connectivity index (χ0v) is 11.4. The van der Waals surface area contributed by atoms with Gasteiger partial charge in [-0.3, -0.25) is 4.90 Å². The van der Waals surface area contributed by atoms with Crippen molar-refractivity contribution in [2.24, 2.45) is 0 Å². The number of para-hydroxylation sites is 1. The highest BCUT2D eigenvalue weighted by Gasteiger charge is 2.27. The Balaban J connectivity index is 1.82. The van der Waals surface area contributed by atoms with Gasteiger partial charge in [0.25, 0.3) is 0 Å². The standard InChI is InChI=1S/C15H21N3O/c1-11-10-18(15(19)17-13-6-4-7-13)14-8-3-2-5-12(14)9-16-11/h2-3,5,8,11,13,16H,4,6-7,9-10H2,1H3,(H,17,19). The van der Waals surface area contributed by atoms with Crippen molar-refractivity contribution < 1.29 is 4.79 Å². The third-order valence-electron chi connectivity index (χ3n) is 4.06. The summed E-state index contributed by atoms with van der Waals surface area (Å²) in [5.41, 5.74) is 2.23. The van der Waals surface area contributed by atoms with E-state index in [1.165, 1.54) is 12.0 Å². The Hall–Kier alpha value is -1.55. The molecule has 0 aromatic heterocycles. The van der Waals surface area contributed by atoms with Crippen molar-refractivity contribution >= 4 is 11.7 Å². The molecule has 1 fully saturated rings. The van der Waals surface area contributed by atoms with E-state index in [0.29, 0.717) is 12.1 Å². The third-order valence-corrected chi connectivity index (χ3v) is 4.06. The minimum Gasteiger partial charge on any atom is -0.335 e. The van der Waals surface area contributed by atoms with Crippen molar-refractivity contribution in [1.29, 1.82) is 0 Å². The summed E-state index contributed by atoms with van der Waals surface area (Å²) in [6.45, 7) is 3.66. The van der Waals surface area contributed by atoms with E-state index in [1.54, 1.807) is 0 Å². The van der Waals surface area contributed by atoms with Gasteiger partial charge in [-0.25, -0.2) is 4.79 Å². The Labute approximate surface area is 114 Å². The molecular weight excluding hydrogens is 238 g/mol. The van der Waals surface area contributed by atoms with Gasteiger partial charge in [-0.15, -0.1) is 0 Å². The Bertz CT molecular complexity index is 470. The minimum atomic E-state index is 0.0488. The molecular formula is C15H21N3O. The van der Waals surface area contributed by atoms with E-state index in [2.05, 4.69) is 23.6 Å². The first-order chi connectivity index (χ1) is 9.24. The molecule has 2 amide bonds. The monoisotopic (exact) mass is 259 g/mol. The molecule has 1 aromatic carbocycles. The number of rotatable bonds is 1. The third kappa shape index (κ3) is 2.59. The second-order valence-corrected chi connectivity index (χ2v) is 5.60. The lowest BCUT2D eigenvalue weighted by Crippen LogP contribution is -2.50. The number of hydrogen-bond donors (Lipinski definition) is 2. The Morgan fingerprint density at radius 3 is 2.89 bits per heavy atom. The van der Waals surface area contributed by atoms with Gasteiger partial charge >= 0.3 is 6.03 Å². The summed E-state index contributed by atoms with van der Waals surface area (Å²) >= 11 is 0. The van der Waals surface area contributed by atoms with Crippen LogP contribution in [0.15, 0.2) is 24.3 Å². The fourth-order valence-electron chi connectivity index (χ4n) is 2.64. The van der Waals surface area contributed by atoms with Crippen LogP contribution in [0.25, 0.3) is 0 Å². The molecule has 0 saturated heterocycles. The quantitative estimate of drug-likeness (QED) is 0.812. The molecule has 1 aliphatic heterocycles. The molecule has 0 bridgehead atoms. The lowest BCUT2D eigenvalue weighted by atomic mass is 9.93. The number of fused-ring (bicyclic) bond motifs is 1. The molecule has 1 heterocycles. The SMILES string of the molecule is CC1CN(C(=O)NC2CCC2)c2ccccc2CN1. The number of nitrogens with zero attached hydrogens (tertiary/aromatic N) is 1. The van der Waals surface area contributed by atoms with Gasteiger partial charge in [0.1, 0.15) is 0 Å². The van der Waals surface area contributed by atoms with E-state index in [1.807, 2.05) is 23.1 Å². The van der Waals surface area contributed by atoms with Gasteiger partial charge in [0.05, 0.1) is 0 Å². The second kappa shape index (κ2) is 5.21. The predicted octanol–water partition coefficient (Wildman–Crippen LogP) is 2.25. The Morgan fingerprint density at radius 2 is 2.16 bits per heavy atom. The molecule has 4 heteroatoms. The topological polar surface area (TPSA) is 44.4 Å². The molecule has 1 unspecified atom stereocenters. The van der Waals surface area contributed by atoms with Crippen molar-refractivity contribution in [1.82, 2.24) is 10.6 Å².